The van der Waals surface area contributed by atoms with Crippen molar-refractivity contribution >= 4 is 11.9 Å². The van der Waals surface area contributed by atoms with Crippen LogP contribution in [0, 0.1) is 11.3 Å². The molecule has 0 aromatic heterocycles. The van der Waals surface area contributed by atoms with Crippen LogP contribution in [-0.4, -0.2) is 19.0 Å². The molecule has 0 fully saturated rings. The molecule has 0 saturated carbocycles. The summed E-state index contributed by atoms with van der Waals surface area (Å²) in [5.74, 6) is 0.387. The Morgan fingerprint density at radius 3 is 2.07 bits per heavy atom. The number of allylic oxidation sites excluding steroid dienone is 1. The Morgan fingerprint density at radius 2 is 1.79 bits per heavy atom. The van der Waals surface area contributed by atoms with E-state index < -0.39 is 0 Å². The van der Waals surface area contributed by atoms with Crippen LogP contribution in [0.2, 0.25) is 0 Å². The third-order valence-electron chi connectivity index (χ3n) is 1.95. The van der Waals surface area contributed by atoms with Crippen LogP contribution in [0.15, 0.2) is 22.3 Å². The quantitative estimate of drug-likeness (QED) is 0.616. The van der Waals surface area contributed by atoms with E-state index in [1.165, 1.54) is 0 Å². The van der Waals surface area contributed by atoms with Crippen molar-refractivity contribution in [3.63, 3.8) is 0 Å². The number of hydrogen-bond acceptors (Lipinski definition) is 2. The standard InChI is InChI=1S/C12H22N2/c1-9(2)10(3)14-11(8-13-7)12(4,5)6/h8-9H,3H2,1-2,4-7H3. The lowest BCUT2D eigenvalue weighted by Gasteiger charge is -2.19. The highest BCUT2D eigenvalue weighted by molar-refractivity contribution is 6.32. The fourth-order valence-electron chi connectivity index (χ4n) is 0.796. The minimum absolute atomic E-state index is 0.0251. The van der Waals surface area contributed by atoms with E-state index >= 15 is 0 Å². The zero-order chi connectivity index (χ0) is 11.4. The highest BCUT2D eigenvalue weighted by atomic mass is 14.8. The summed E-state index contributed by atoms with van der Waals surface area (Å²) >= 11 is 0. The second kappa shape index (κ2) is 5.08. The summed E-state index contributed by atoms with van der Waals surface area (Å²) in [6.07, 6.45) is 1.81. The molecule has 14 heavy (non-hydrogen) atoms. The van der Waals surface area contributed by atoms with Gasteiger partial charge in [-0.15, -0.1) is 0 Å². The monoisotopic (exact) mass is 194 g/mol. The van der Waals surface area contributed by atoms with E-state index in [1.807, 2.05) is 6.21 Å². The van der Waals surface area contributed by atoms with Gasteiger partial charge in [0.15, 0.2) is 0 Å². The minimum atomic E-state index is 0.0251. The van der Waals surface area contributed by atoms with Gasteiger partial charge in [0.1, 0.15) is 0 Å². The summed E-state index contributed by atoms with van der Waals surface area (Å²) in [6, 6.07) is 0. The highest BCUT2D eigenvalue weighted by Gasteiger charge is 2.17. The van der Waals surface area contributed by atoms with Crippen molar-refractivity contribution in [3.8, 4) is 0 Å². The maximum absolute atomic E-state index is 4.51. The molecule has 0 N–H and O–H groups in total. The Morgan fingerprint density at radius 1 is 1.29 bits per heavy atom. The summed E-state index contributed by atoms with van der Waals surface area (Å²) in [4.78, 5) is 8.53. The second-order valence-electron chi connectivity index (χ2n) is 4.78. The van der Waals surface area contributed by atoms with Crippen molar-refractivity contribution in [1.29, 1.82) is 0 Å². The molecule has 0 saturated heterocycles. The van der Waals surface area contributed by atoms with Crippen LogP contribution in [0.5, 0.6) is 0 Å². The van der Waals surface area contributed by atoms with Gasteiger partial charge in [-0.3, -0.25) is 9.98 Å². The lowest BCUT2D eigenvalue weighted by molar-refractivity contribution is 0.595. The molecular weight excluding hydrogens is 172 g/mol. The molecule has 0 aliphatic rings. The first kappa shape index (κ1) is 13.1. The van der Waals surface area contributed by atoms with Gasteiger partial charge in [-0.05, 0) is 5.92 Å². The van der Waals surface area contributed by atoms with Crippen LogP contribution < -0.4 is 0 Å². The van der Waals surface area contributed by atoms with Gasteiger partial charge in [0.2, 0.25) is 0 Å². The second-order valence-corrected chi connectivity index (χ2v) is 4.78. The van der Waals surface area contributed by atoms with Crippen LogP contribution >= 0.6 is 0 Å². The van der Waals surface area contributed by atoms with Crippen molar-refractivity contribution < 1.29 is 0 Å². The number of nitrogens with zero attached hydrogens (tertiary/aromatic N) is 2. The summed E-state index contributed by atoms with van der Waals surface area (Å²) in [5, 5.41) is 0. The molecule has 0 bridgehead atoms. The predicted octanol–water partition coefficient (Wildman–Crippen LogP) is 3.34. The van der Waals surface area contributed by atoms with Crippen molar-refractivity contribution in [1.82, 2.24) is 0 Å². The van der Waals surface area contributed by atoms with E-state index in [-0.39, 0.29) is 5.41 Å². The summed E-state index contributed by atoms with van der Waals surface area (Å²) in [5.41, 5.74) is 1.92. The number of rotatable bonds is 3. The van der Waals surface area contributed by atoms with Crippen LogP contribution in [-0.2, 0) is 0 Å². The smallest absolute Gasteiger partial charge is 0.0637 e. The maximum Gasteiger partial charge on any atom is 0.0637 e. The molecule has 0 aliphatic carbocycles. The maximum atomic E-state index is 4.51. The third-order valence-corrected chi connectivity index (χ3v) is 1.95. The van der Waals surface area contributed by atoms with Crippen molar-refractivity contribution in [3.05, 3.63) is 12.3 Å². The average molecular weight is 194 g/mol. The first-order valence-electron chi connectivity index (χ1n) is 4.99. The molecular formula is C12H22N2. The lowest BCUT2D eigenvalue weighted by Crippen LogP contribution is -2.22. The van der Waals surface area contributed by atoms with E-state index in [9.17, 15) is 0 Å². The van der Waals surface area contributed by atoms with E-state index in [2.05, 4.69) is 51.2 Å². The third kappa shape index (κ3) is 4.35. The Bertz CT molecular complexity index is 252. The average Bonchev–Trinajstić information content (AvgIpc) is 2.01. The summed E-state index contributed by atoms with van der Waals surface area (Å²) in [7, 11) is 1.76. The van der Waals surface area contributed by atoms with Gasteiger partial charge in [0, 0.05) is 24.4 Å². The van der Waals surface area contributed by atoms with Gasteiger partial charge >= 0.3 is 0 Å². The number of hydrogen-bond donors (Lipinski definition) is 0. The Kier molecular flexibility index (Phi) is 4.75. The van der Waals surface area contributed by atoms with Gasteiger partial charge in [-0.2, -0.15) is 0 Å². The predicted molar refractivity (Wildman–Crippen MR) is 65.3 cm³/mol. The SMILES string of the molecule is C=C(N=C(C=NC)C(C)(C)C)C(C)C. The summed E-state index contributed by atoms with van der Waals surface area (Å²) in [6.45, 7) is 14.5. The van der Waals surface area contributed by atoms with E-state index in [0.717, 1.165) is 11.4 Å². The van der Waals surface area contributed by atoms with Crippen molar-refractivity contribution in [2.24, 2.45) is 21.3 Å². The number of aliphatic imine (C=N–C) groups is 2. The zero-order valence-electron chi connectivity index (χ0n) is 10.3. The molecule has 0 aromatic carbocycles. The van der Waals surface area contributed by atoms with Crippen LogP contribution in [0.4, 0.5) is 0 Å². The highest BCUT2D eigenvalue weighted by Crippen LogP contribution is 2.18. The molecule has 2 heteroatoms. The fourth-order valence-corrected chi connectivity index (χ4v) is 0.796. The zero-order valence-corrected chi connectivity index (χ0v) is 10.3. The van der Waals surface area contributed by atoms with E-state index in [4.69, 9.17) is 0 Å². The largest absolute Gasteiger partial charge is 0.295 e. The minimum Gasteiger partial charge on any atom is -0.295 e. The van der Waals surface area contributed by atoms with Gasteiger partial charge in [-0.1, -0.05) is 41.2 Å². The first-order chi connectivity index (χ1) is 6.29. The molecule has 0 radical (unpaired) electrons. The molecule has 0 atom stereocenters. The molecule has 0 heterocycles. The van der Waals surface area contributed by atoms with Crippen molar-refractivity contribution in [2.45, 2.75) is 34.6 Å². The van der Waals surface area contributed by atoms with E-state index in [0.29, 0.717) is 5.92 Å². The lowest BCUT2D eigenvalue weighted by atomic mass is 9.90. The molecule has 80 valence electrons. The molecule has 0 amide bonds. The molecule has 0 rings (SSSR count). The van der Waals surface area contributed by atoms with Crippen LogP contribution in [0.25, 0.3) is 0 Å². The van der Waals surface area contributed by atoms with E-state index in [1.54, 1.807) is 7.05 Å². The molecule has 0 unspecified atom stereocenters. The Balaban J connectivity index is 4.93. The fraction of sp³-hybridized carbons (Fsp3) is 0.667. The molecule has 0 spiro atoms. The van der Waals surface area contributed by atoms with Crippen LogP contribution in [0.3, 0.4) is 0 Å². The Labute approximate surface area is 87.9 Å². The normalized spacial score (nSPS) is 14.1. The molecule has 0 aromatic rings. The molecule has 0 aliphatic heterocycles. The van der Waals surface area contributed by atoms with Crippen LogP contribution in [0.1, 0.15) is 34.6 Å². The Hall–Kier alpha value is -0.920. The van der Waals surface area contributed by atoms with Gasteiger partial charge in [0.25, 0.3) is 0 Å². The first-order valence-corrected chi connectivity index (χ1v) is 4.99. The molecule has 2 nitrogen and oxygen atoms in total. The topological polar surface area (TPSA) is 24.7 Å². The van der Waals surface area contributed by atoms with Gasteiger partial charge < -0.3 is 0 Å². The summed E-state index contributed by atoms with van der Waals surface area (Å²) < 4.78 is 0. The van der Waals surface area contributed by atoms with Gasteiger partial charge in [0.05, 0.1) is 5.71 Å². The van der Waals surface area contributed by atoms with Gasteiger partial charge in [-0.25, -0.2) is 0 Å². The van der Waals surface area contributed by atoms with Crippen molar-refractivity contribution in [2.75, 3.05) is 7.05 Å².